The second-order valence-electron chi connectivity index (χ2n) is 5.09. The van der Waals surface area contributed by atoms with Crippen LogP contribution in [-0.4, -0.2) is 42.7 Å². The molecule has 22 heavy (non-hydrogen) atoms. The molecule has 0 atom stereocenters. The summed E-state index contributed by atoms with van der Waals surface area (Å²) in [5.74, 6) is -1.11. The Morgan fingerprint density at radius 2 is 2.00 bits per heavy atom. The Morgan fingerprint density at radius 3 is 2.59 bits per heavy atom. The summed E-state index contributed by atoms with van der Waals surface area (Å²) < 4.78 is 0. The highest BCUT2D eigenvalue weighted by molar-refractivity contribution is 6.30. The van der Waals surface area contributed by atoms with Crippen LogP contribution < -0.4 is 5.32 Å². The van der Waals surface area contributed by atoms with Crippen molar-refractivity contribution in [2.24, 2.45) is 0 Å². The second kappa shape index (κ2) is 5.38. The molecule has 2 aromatic rings. The number of aliphatic carboxylic acids is 1. The first kappa shape index (κ1) is 14.5. The van der Waals surface area contributed by atoms with E-state index in [4.69, 9.17) is 16.7 Å². The van der Waals surface area contributed by atoms with E-state index in [9.17, 15) is 9.59 Å². The zero-order valence-corrected chi connectivity index (χ0v) is 12.1. The van der Waals surface area contributed by atoms with Crippen LogP contribution in [0.2, 0.25) is 5.02 Å². The van der Waals surface area contributed by atoms with Crippen LogP contribution in [0.4, 0.5) is 0 Å². The molecule has 0 aliphatic heterocycles. The van der Waals surface area contributed by atoms with Gasteiger partial charge in [0.2, 0.25) is 11.7 Å². The first-order chi connectivity index (χ1) is 10.5. The molecule has 1 fully saturated rings. The highest BCUT2D eigenvalue weighted by Gasteiger charge is 2.51. The van der Waals surface area contributed by atoms with Crippen molar-refractivity contribution >= 4 is 23.5 Å². The number of halogens is 1. The van der Waals surface area contributed by atoms with Crippen molar-refractivity contribution in [3.8, 4) is 11.4 Å². The van der Waals surface area contributed by atoms with Gasteiger partial charge >= 0.3 is 5.97 Å². The number of aromatic nitrogens is 4. The number of hydrogen-bond donors (Lipinski definition) is 2. The fourth-order valence-electron chi connectivity index (χ4n) is 1.98. The third-order valence-corrected chi connectivity index (χ3v) is 3.63. The van der Waals surface area contributed by atoms with Crippen molar-refractivity contribution in [2.75, 3.05) is 0 Å². The number of tetrazole rings is 1. The summed E-state index contributed by atoms with van der Waals surface area (Å²) in [6.45, 7) is -0.185. The lowest BCUT2D eigenvalue weighted by Crippen LogP contribution is -2.44. The summed E-state index contributed by atoms with van der Waals surface area (Å²) in [6.07, 6.45) is 0.879. The van der Waals surface area contributed by atoms with Gasteiger partial charge in [0.05, 0.1) is 0 Å². The van der Waals surface area contributed by atoms with Crippen LogP contribution in [-0.2, 0) is 16.1 Å². The molecule has 1 aromatic heterocycles. The normalized spacial score (nSPS) is 15.3. The topological polar surface area (TPSA) is 110 Å². The van der Waals surface area contributed by atoms with E-state index in [1.165, 1.54) is 0 Å². The van der Waals surface area contributed by atoms with E-state index in [1.54, 1.807) is 24.3 Å². The summed E-state index contributed by atoms with van der Waals surface area (Å²) in [5.41, 5.74) is -0.392. The second-order valence-corrected chi connectivity index (χ2v) is 5.52. The van der Waals surface area contributed by atoms with Gasteiger partial charge in [0.25, 0.3) is 0 Å². The van der Waals surface area contributed by atoms with E-state index in [-0.39, 0.29) is 6.54 Å². The monoisotopic (exact) mass is 321 g/mol. The summed E-state index contributed by atoms with van der Waals surface area (Å²) >= 11 is 5.80. The molecule has 0 saturated heterocycles. The van der Waals surface area contributed by atoms with Crippen molar-refractivity contribution in [2.45, 2.75) is 24.9 Å². The molecular weight excluding hydrogens is 310 g/mol. The number of amides is 1. The largest absolute Gasteiger partial charge is 0.480 e. The lowest BCUT2D eigenvalue weighted by Gasteiger charge is -2.11. The highest BCUT2D eigenvalue weighted by atomic mass is 35.5. The van der Waals surface area contributed by atoms with Crippen molar-refractivity contribution < 1.29 is 14.7 Å². The molecule has 9 heteroatoms. The number of rotatable bonds is 5. The van der Waals surface area contributed by atoms with Gasteiger partial charge in [-0.3, -0.25) is 4.79 Å². The van der Waals surface area contributed by atoms with E-state index in [0.29, 0.717) is 23.7 Å². The number of nitrogens with one attached hydrogen (secondary N) is 1. The van der Waals surface area contributed by atoms with Gasteiger partial charge in [-0.1, -0.05) is 11.6 Å². The average Bonchev–Trinajstić information content (AvgIpc) is 3.11. The van der Waals surface area contributed by atoms with Crippen molar-refractivity contribution in [1.82, 2.24) is 25.5 Å². The molecule has 1 aliphatic carbocycles. The van der Waals surface area contributed by atoms with Gasteiger partial charge in [0.15, 0.2) is 0 Å². The van der Waals surface area contributed by atoms with Gasteiger partial charge < -0.3 is 10.4 Å². The summed E-state index contributed by atoms with van der Waals surface area (Å²) in [4.78, 5) is 24.0. The Morgan fingerprint density at radius 1 is 1.32 bits per heavy atom. The minimum atomic E-state index is -1.11. The molecule has 3 rings (SSSR count). The van der Waals surface area contributed by atoms with Gasteiger partial charge in [0.1, 0.15) is 12.1 Å². The van der Waals surface area contributed by atoms with Crippen LogP contribution in [0.15, 0.2) is 24.3 Å². The molecule has 1 amide bonds. The molecule has 1 aromatic carbocycles. The predicted molar refractivity (Wildman–Crippen MR) is 76.0 cm³/mol. The van der Waals surface area contributed by atoms with E-state index in [0.717, 1.165) is 10.4 Å². The Balaban J connectivity index is 1.65. The molecular formula is C13H12ClN5O3. The fourth-order valence-corrected chi connectivity index (χ4v) is 2.10. The Kier molecular flexibility index (Phi) is 3.53. The molecule has 114 valence electrons. The first-order valence-electron chi connectivity index (χ1n) is 6.57. The minimum absolute atomic E-state index is 0.185. The van der Waals surface area contributed by atoms with E-state index in [2.05, 4.69) is 20.7 Å². The van der Waals surface area contributed by atoms with Gasteiger partial charge in [0, 0.05) is 10.6 Å². The third kappa shape index (κ3) is 2.91. The fraction of sp³-hybridized carbons (Fsp3) is 0.308. The number of carbonyl (C=O) groups excluding carboxylic acids is 1. The van der Waals surface area contributed by atoms with Crippen LogP contribution in [0.1, 0.15) is 12.8 Å². The predicted octanol–water partition coefficient (Wildman–Crippen LogP) is 0.727. The van der Waals surface area contributed by atoms with E-state index < -0.39 is 17.4 Å². The molecule has 0 unspecified atom stereocenters. The van der Waals surface area contributed by atoms with Gasteiger partial charge in [-0.05, 0) is 42.3 Å². The van der Waals surface area contributed by atoms with Crippen molar-refractivity contribution in [3.63, 3.8) is 0 Å². The van der Waals surface area contributed by atoms with Gasteiger partial charge in [-0.15, -0.1) is 10.2 Å². The number of carbonyl (C=O) groups is 2. The Labute approximate surface area is 130 Å². The number of nitrogens with zero attached hydrogens (tertiary/aromatic N) is 4. The zero-order valence-electron chi connectivity index (χ0n) is 11.4. The lowest BCUT2D eigenvalue weighted by atomic mass is 10.2. The molecule has 1 heterocycles. The Bertz CT molecular complexity index is 724. The van der Waals surface area contributed by atoms with Crippen molar-refractivity contribution in [3.05, 3.63) is 29.3 Å². The minimum Gasteiger partial charge on any atom is -0.480 e. The first-order valence-corrected chi connectivity index (χ1v) is 6.94. The molecule has 8 nitrogen and oxygen atoms in total. The quantitative estimate of drug-likeness (QED) is 0.840. The lowest BCUT2D eigenvalue weighted by molar-refractivity contribution is -0.143. The van der Waals surface area contributed by atoms with Gasteiger partial charge in [-0.2, -0.15) is 4.80 Å². The number of hydrogen-bond acceptors (Lipinski definition) is 5. The number of benzene rings is 1. The third-order valence-electron chi connectivity index (χ3n) is 3.38. The molecule has 0 radical (unpaired) electrons. The van der Waals surface area contributed by atoms with Crippen LogP contribution in [0.3, 0.4) is 0 Å². The highest BCUT2D eigenvalue weighted by Crippen LogP contribution is 2.35. The summed E-state index contributed by atoms with van der Waals surface area (Å²) in [7, 11) is 0. The molecule has 1 aliphatic rings. The number of carboxylic acid groups (broad SMARTS) is 1. The SMILES string of the molecule is O=C(Cn1nnc(-c2ccc(Cl)cc2)n1)NC1(C(=O)O)CC1. The molecule has 0 bridgehead atoms. The molecule has 0 spiro atoms. The summed E-state index contributed by atoms with van der Waals surface area (Å²) in [6, 6.07) is 6.89. The maximum Gasteiger partial charge on any atom is 0.329 e. The standard InChI is InChI=1S/C13H12ClN5O3/c14-9-3-1-8(2-4-9)11-16-18-19(17-11)7-10(20)15-13(5-6-13)12(21)22/h1-4H,5-7H2,(H,15,20)(H,21,22). The van der Waals surface area contributed by atoms with Crippen molar-refractivity contribution in [1.29, 1.82) is 0 Å². The van der Waals surface area contributed by atoms with Crippen LogP contribution in [0.5, 0.6) is 0 Å². The van der Waals surface area contributed by atoms with E-state index in [1.807, 2.05) is 0 Å². The van der Waals surface area contributed by atoms with E-state index >= 15 is 0 Å². The maximum atomic E-state index is 11.8. The van der Waals surface area contributed by atoms with Crippen LogP contribution >= 0.6 is 11.6 Å². The number of carboxylic acids is 1. The maximum absolute atomic E-state index is 11.8. The van der Waals surface area contributed by atoms with Gasteiger partial charge in [-0.25, -0.2) is 4.79 Å². The summed E-state index contributed by atoms with van der Waals surface area (Å²) in [5, 5.41) is 23.8. The Hall–Kier alpha value is -2.48. The van der Waals surface area contributed by atoms with Crippen LogP contribution in [0, 0.1) is 0 Å². The van der Waals surface area contributed by atoms with Crippen LogP contribution in [0.25, 0.3) is 11.4 Å². The molecule has 2 N–H and O–H groups in total. The molecule has 1 saturated carbocycles. The zero-order chi connectivity index (χ0) is 15.7. The average molecular weight is 322 g/mol. The smallest absolute Gasteiger partial charge is 0.329 e.